The van der Waals surface area contributed by atoms with E-state index in [1.54, 1.807) is 17.1 Å². The number of unbranched alkanes of at least 4 members (excludes halogenated alkanes) is 3. The summed E-state index contributed by atoms with van der Waals surface area (Å²) in [4.78, 5) is 60.2. The zero-order valence-corrected chi connectivity index (χ0v) is 28.4. The average Bonchev–Trinajstić information content (AvgIpc) is 3.45. The lowest BCUT2D eigenvalue weighted by Gasteiger charge is -2.37. The van der Waals surface area contributed by atoms with Gasteiger partial charge in [0.05, 0.1) is 24.7 Å². The predicted molar refractivity (Wildman–Crippen MR) is 178 cm³/mol. The zero-order chi connectivity index (χ0) is 34.3. The molecule has 4 aliphatic heterocycles. The van der Waals surface area contributed by atoms with Crippen LogP contribution >= 0.6 is 0 Å². The van der Waals surface area contributed by atoms with E-state index in [0.29, 0.717) is 37.9 Å². The van der Waals surface area contributed by atoms with Gasteiger partial charge in [-0.05, 0) is 38.2 Å². The van der Waals surface area contributed by atoms with E-state index >= 15 is 0 Å². The van der Waals surface area contributed by atoms with Gasteiger partial charge in [-0.25, -0.2) is 0 Å². The summed E-state index contributed by atoms with van der Waals surface area (Å²) < 4.78 is 18.6. The summed E-state index contributed by atoms with van der Waals surface area (Å²) in [6, 6.07) is 7.52. The number of esters is 1. The number of fused-ring (bicyclic) bond motifs is 2. The second-order valence-corrected chi connectivity index (χ2v) is 13.4. The SMILES string of the molecule is CCCC(C)N1CC=C[C@]23O[C@@H]4/C=C\CCC(=O)N[C@H](COC)[C@@H](c5ccccc5)OC(=O)[C@@H]4[C@H]2C(=O)N(CCCCCCO)[C@@H]3C1=O. The number of hydrogen-bond donors (Lipinski definition) is 2. The van der Waals surface area contributed by atoms with E-state index in [0.717, 1.165) is 25.7 Å². The van der Waals surface area contributed by atoms with Gasteiger partial charge in [0.1, 0.15) is 23.7 Å². The van der Waals surface area contributed by atoms with E-state index in [1.165, 1.54) is 7.11 Å². The highest BCUT2D eigenvalue weighted by Gasteiger charge is 2.71. The summed E-state index contributed by atoms with van der Waals surface area (Å²) in [7, 11) is 1.52. The number of carbonyl (C=O) groups excluding carboxylic acids is 4. The van der Waals surface area contributed by atoms with Crippen LogP contribution in [0.5, 0.6) is 0 Å². The van der Waals surface area contributed by atoms with Crippen LogP contribution in [0.1, 0.15) is 76.9 Å². The highest BCUT2D eigenvalue weighted by atomic mass is 16.6. The van der Waals surface area contributed by atoms with Crippen molar-refractivity contribution >= 4 is 23.7 Å². The first-order valence-corrected chi connectivity index (χ1v) is 17.5. The molecule has 1 aromatic carbocycles. The minimum absolute atomic E-state index is 0.0447. The van der Waals surface area contributed by atoms with Gasteiger partial charge in [-0.1, -0.05) is 80.8 Å². The molecule has 3 amide bonds. The number of rotatable bonds is 12. The van der Waals surface area contributed by atoms with E-state index < -0.39 is 47.7 Å². The Labute approximate surface area is 283 Å². The number of amides is 3. The molecule has 1 spiro atoms. The van der Waals surface area contributed by atoms with Crippen LogP contribution in [0.4, 0.5) is 0 Å². The summed E-state index contributed by atoms with van der Waals surface area (Å²) in [6.07, 6.45) is 10.8. The molecule has 2 N–H and O–H groups in total. The molecule has 1 aromatic rings. The van der Waals surface area contributed by atoms with Crippen molar-refractivity contribution in [3.05, 3.63) is 60.2 Å². The Morgan fingerprint density at radius 1 is 1.06 bits per heavy atom. The van der Waals surface area contributed by atoms with Crippen molar-refractivity contribution in [2.24, 2.45) is 11.8 Å². The molecule has 0 saturated carbocycles. The third-order valence-corrected chi connectivity index (χ3v) is 10.1. The number of carbonyl (C=O) groups is 4. The molecule has 11 heteroatoms. The van der Waals surface area contributed by atoms with E-state index in [9.17, 15) is 24.3 Å². The van der Waals surface area contributed by atoms with Crippen molar-refractivity contribution in [3.8, 4) is 0 Å². The predicted octanol–water partition coefficient (Wildman–Crippen LogP) is 3.47. The maximum Gasteiger partial charge on any atom is 0.313 e. The molecular weight excluding hydrogens is 614 g/mol. The van der Waals surface area contributed by atoms with E-state index in [2.05, 4.69) is 12.2 Å². The second-order valence-electron chi connectivity index (χ2n) is 13.4. The molecule has 2 saturated heterocycles. The van der Waals surface area contributed by atoms with Crippen molar-refractivity contribution in [3.63, 3.8) is 0 Å². The molecule has 0 aromatic heterocycles. The van der Waals surface area contributed by atoms with Crippen LogP contribution in [0.3, 0.4) is 0 Å². The van der Waals surface area contributed by atoms with Crippen molar-refractivity contribution in [1.29, 1.82) is 0 Å². The Morgan fingerprint density at radius 2 is 1.83 bits per heavy atom. The maximum atomic E-state index is 14.7. The van der Waals surface area contributed by atoms with Crippen molar-refractivity contribution in [1.82, 2.24) is 15.1 Å². The molecular formula is C37H51N3O8. The maximum absolute atomic E-state index is 14.7. The number of nitrogens with one attached hydrogen (secondary N) is 1. The molecule has 262 valence electrons. The second kappa shape index (κ2) is 16.2. The van der Waals surface area contributed by atoms with Crippen LogP contribution < -0.4 is 5.32 Å². The highest BCUT2D eigenvalue weighted by molar-refractivity contribution is 5.99. The summed E-state index contributed by atoms with van der Waals surface area (Å²) in [5.74, 6) is -3.33. The minimum Gasteiger partial charge on any atom is -0.455 e. The van der Waals surface area contributed by atoms with Gasteiger partial charge in [0.15, 0.2) is 0 Å². The van der Waals surface area contributed by atoms with Gasteiger partial charge in [-0.15, -0.1) is 0 Å². The summed E-state index contributed by atoms with van der Waals surface area (Å²) in [5, 5.41) is 12.2. The smallest absolute Gasteiger partial charge is 0.313 e. The Bertz CT molecular complexity index is 1350. The van der Waals surface area contributed by atoms with E-state index in [1.807, 2.05) is 54.3 Å². The highest BCUT2D eigenvalue weighted by Crippen LogP contribution is 2.53. The number of aliphatic hydroxyl groups excluding tert-OH is 1. The summed E-state index contributed by atoms with van der Waals surface area (Å²) in [5.41, 5.74) is -0.697. The number of aliphatic hydroxyl groups is 1. The first-order valence-electron chi connectivity index (χ1n) is 17.5. The Balaban J connectivity index is 1.56. The Hall–Kier alpha value is -3.54. The standard InChI is InChI=1S/C37H51N3O8/c1-4-15-25(2)39-22-14-20-37-31(34(43)40(33(37)35(39)44)21-12-5-6-13-23-41)30-28(48-37)18-10-11-19-29(42)38-27(24-46-3)32(47-36(30)45)26-16-8-7-9-17-26/h7-10,14,16-18,20,25,27-28,30-33,41H,4-6,11-13,15,19,21-24H2,1-3H3,(H,38,42)/b18-10-/t25?,27-,28-,30+,31+,32-,33-,37+/m1/s1. The molecule has 4 heterocycles. The number of likely N-dealkylation sites (tertiary alicyclic amines) is 1. The van der Waals surface area contributed by atoms with Gasteiger partial charge in [0.2, 0.25) is 17.7 Å². The molecule has 1 unspecified atom stereocenters. The molecule has 4 aliphatic rings. The van der Waals surface area contributed by atoms with Gasteiger partial charge in [0, 0.05) is 39.3 Å². The molecule has 0 radical (unpaired) electrons. The van der Waals surface area contributed by atoms with Crippen LogP contribution in [0.15, 0.2) is 54.6 Å². The molecule has 5 rings (SSSR count). The van der Waals surface area contributed by atoms with Crippen LogP contribution in [-0.2, 0) is 33.4 Å². The van der Waals surface area contributed by atoms with Crippen LogP contribution in [0, 0.1) is 11.8 Å². The van der Waals surface area contributed by atoms with Crippen LogP contribution in [-0.4, -0.2) is 102 Å². The van der Waals surface area contributed by atoms with Gasteiger partial charge >= 0.3 is 5.97 Å². The fraction of sp³-hybridized carbons (Fsp3) is 0.622. The fourth-order valence-corrected chi connectivity index (χ4v) is 7.86. The van der Waals surface area contributed by atoms with E-state index in [-0.39, 0.29) is 43.4 Å². The lowest BCUT2D eigenvalue weighted by Crippen LogP contribution is -2.56. The monoisotopic (exact) mass is 665 g/mol. The van der Waals surface area contributed by atoms with Crippen LogP contribution in [0.2, 0.25) is 0 Å². The fourth-order valence-electron chi connectivity index (χ4n) is 7.86. The minimum atomic E-state index is -1.37. The summed E-state index contributed by atoms with van der Waals surface area (Å²) >= 11 is 0. The number of benzene rings is 1. The first-order chi connectivity index (χ1) is 23.3. The Morgan fingerprint density at radius 3 is 2.56 bits per heavy atom. The lowest BCUT2D eigenvalue weighted by atomic mass is 9.77. The van der Waals surface area contributed by atoms with E-state index in [4.69, 9.17) is 14.2 Å². The normalized spacial score (nSPS) is 31.9. The largest absolute Gasteiger partial charge is 0.455 e. The Kier molecular flexibility index (Phi) is 12.1. The van der Waals surface area contributed by atoms with Crippen molar-refractivity contribution in [2.45, 2.75) is 101 Å². The number of nitrogens with zero attached hydrogens (tertiary/aromatic N) is 2. The van der Waals surface area contributed by atoms with Gasteiger partial charge in [-0.2, -0.15) is 0 Å². The van der Waals surface area contributed by atoms with Gasteiger partial charge in [-0.3, -0.25) is 19.2 Å². The number of hydrogen-bond acceptors (Lipinski definition) is 8. The molecule has 48 heavy (non-hydrogen) atoms. The molecule has 8 atom stereocenters. The first kappa shape index (κ1) is 35.8. The van der Waals surface area contributed by atoms with Crippen LogP contribution in [0.25, 0.3) is 0 Å². The van der Waals surface area contributed by atoms with Crippen molar-refractivity contribution < 1.29 is 38.5 Å². The number of allylic oxidation sites excluding steroid dienone is 1. The molecule has 0 aliphatic carbocycles. The third kappa shape index (κ3) is 7.23. The van der Waals surface area contributed by atoms with Gasteiger partial charge < -0.3 is 34.4 Å². The molecule has 11 nitrogen and oxygen atoms in total. The summed E-state index contributed by atoms with van der Waals surface area (Å²) in [6.45, 7) is 5.03. The van der Waals surface area contributed by atoms with Crippen molar-refractivity contribution in [2.75, 3.05) is 33.4 Å². The quantitative estimate of drug-likeness (QED) is 0.197. The zero-order valence-electron chi connectivity index (χ0n) is 28.4. The number of methoxy groups -OCH3 is 1. The molecule has 0 bridgehead atoms. The number of cyclic esters (lactones) is 1. The van der Waals surface area contributed by atoms with Gasteiger partial charge in [0.25, 0.3) is 0 Å². The molecule has 2 fully saturated rings. The lowest BCUT2D eigenvalue weighted by molar-refractivity contribution is -0.162. The third-order valence-electron chi connectivity index (χ3n) is 10.1. The average molecular weight is 666 g/mol. The topological polar surface area (TPSA) is 135 Å². The number of ether oxygens (including phenoxy) is 3.